The zero-order chi connectivity index (χ0) is 18.6. The van der Waals surface area contributed by atoms with Gasteiger partial charge in [-0.2, -0.15) is 0 Å². The second-order valence-corrected chi connectivity index (χ2v) is 7.78. The van der Waals surface area contributed by atoms with E-state index in [1.54, 1.807) is 0 Å². The number of hydrogen-bond acceptors (Lipinski definition) is 5. The zero-order valence-electron chi connectivity index (χ0n) is 16.0. The molecule has 2 aliphatic rings. The Balaban J connectivity index is 1.72. The van der Waals surface area contributed by atoms with Gasteiger partial charge in [0.05, 0.1) is 11.5 Å². The van der Waals surface area contributed by atoms with Crippen LogP contribution >= 0.6 is 0 Å². The number of piperidine rings is 1. The monoisotopic (exact) mass is 361 g/mol. The Morgan fingerprint density at radius 2 is 2.15 bits per heavy atom. The molecule has 2 saturated heterocycles. The number of hydrogen-bond donors (Lipinski definition) is 1. The highest BCUT2D eigenvalue weighted by molar-refractivity contribution is 5.75. The van der Waals surface area contributed by atoms with Gasteiger partial charge in [-0.1, -0.05) is 13.3 Å². The van der Waals surface area contributed by atoms with Gasteiger partial charge in [-0.05, 0) is 51.9 Å². The molecule has 6 nitrogen and oxygen atoms in total. The lowest BCUT2D eigenvalue weighted by Gasteiger charge is -2.42. The summed E-state index contributed by atoms with van der Waals surface area (Å²) in [6.07, 6.45) is 9.19. The van der Waals surface area contributed by atoms with Gasteiger partial charge < -0.3 is 14.7 Å². The molecule has 1 atom stereocenters. The second kappa shape index (κ2) is 8.33. The van der Waals surface area contributed by atoms with E-state index in [4.69, 9.17) is 4.74 Å². The molecule has 2 aliphatic heterocycles. The highest BCUT2D eigenvalue weighted by atomic mass is 16.5. The number of aromatic nitrogens is 2. The van der Waals surface area contributed by atoms with Crippen molar-refractivity contribution >= 4 is 11.8 Å². The fourth-order valence-corrected chi connectivity index (χ4v) is 4.26. The van der Waals surface area contributed by atoms with Crippen LogP contribution in [0.1, 0.15) is 63.3 Å². The van der Waals surface area contributed by atoms with Gasteiger partial charge in [-0.3, -0.25) is 4.79 Å². The normalized spacial score (nSPS) is 23.0. The number of carboxylic acid groups (broad SMARTS) is 1. The van der Waals surface area contributed by atoms with E-state index in [-0.39, 0.29) is 6.10 Å². The summed E-state index contributed by atoms with van der Waals surface area (Å²) < 4.78 is 5.84. The average molecular weight is 361 g/mol. The van der Waals surface area contributed by atoms with Crippen LogP contribution < -0.4 is 4.90 Å². The van der Waals surface area contributed by atoms with Gasteiger partial charge in [-0.25, -0.2) is 9.97 Å². The van der Waals surface area contributed by atoms with Crippen molar-refractivity contribution in [2.24, 2.45) is 5.41 Å². The maximum Gasteiger partial charge on any atom is 0.309 e. The van der Waals surface area contributed by atoms with Crippen LogP contribution in [0.3, 0.4) is 0 Å². The molecule has 3 heterocycles. The first-order valence-corrected chi connectivity index (χ1v) is 9.96. The summed E-state index contributed by atoms with van der Waals surface area (Å²) in [4.78, 5) is 23.4. The highest BCUT2D eigenvalue weighted by Gasteiger charge is 2.44. The van der Waals surface area contributed by atoms with Crippen LogP contribution in [0.15, 0.2) is 6.20 Å². The van der Waals surface area contributed by atoms with Gasteiger partial charge in [0.2, 0.25) is 0 Å². The van der Waals surface area contributed by atoms with E-state index in [9.17, 15) is 9.90 Å². The van der Waals surface area contributed by atoms with Crippen LogP contribution in [-0.4, -0.2) is 46.8 Å². The van der Waals surface area contributed by atoms with Gasteiger partial charge in [0.15, 0.2) is 0 Å². The maximum atomic E-state index is 12.1. The van der Waals surface area contributed by atoms with E-state index in [0.717, 1.165) is 69.0 Å². The van der Waals surface area contributed by atoms with Gasteiger partial charge in [0, 0.05) is 31.5 Å². The minimum absolute atomic E-state index is 0.100. The molecule has 2 fully saturated rings. The molecule has 1 unspecified atom stereocenters. The highest BCUT2D eigenvalue weighted by Crippen LogP contribution is 2.40. The summed E-state index contributed by atoms with van der Waals surface area (Å²) in [6, 6.07) is 0. The van der Waals surface area contributed by atoms with Gasteiger partial charge in [0.25, 0.3) is 0 Å². The zero-order valence-corrected chi connectivity index (χ0v) is 16.0. The Labute approximate surface area is 156 Å². The fourth-order valence-electron chi connectivity index (χ4n) is 4.26. The predicted octanol–water partition coefficient (Wildman–Crippen LogP) is 3.37. The lowest BCUT2D eigenvalue weighted by atomic mass is 9.73. The van der Waals surface area contributed by atoms with Crippen LogP contribution in [0.2, 0.25) is 0 Å². The largest absolute Gasteiger partial charge is 0.481 e. The van der Waals surface area contributed by atoms with E-state index < -0.39 is 11.4 Å². The molecule has 1 N–H and O–H groups in total. The topological polar surface area (TPSA) is 75.5 Å². The number of aryl methyl sites for hydroxylation is 2. The molecule has 0 aromatic carbocycles. The Bertz CT molecular complexity index is 621. The van der Waals surface area contributed by atoms with Crippen molar-refractivity contribution in [3.05, 3.63) is 17.6 Å². The smallest absolute Gasteiger partial charge is 0.309 e. The first-order valence-electron chi connectivity index (χ1n) is 9.96. The number of nitrogens with zero attached hydrogens (tertiary/aromatic N) is 3. The summed E-state index contributed by atoms with van der Waals surface area (Å²) >= 11 is 0. The van der Waals surface area contributed by atoms with Crippen LogP contribution in [0.4, 0.5) is 5.82 Å². The predicted molar refractivity (Wildman–Crippen MR) is 100 cm³/mol. The molecule has 144 valence electrons. The van der Waals surface area contributed by atoms with Crippen molar-refractivity contribution < 1.29 is 14.6 Å². The molecule has 6 heteroatoms. The fraction of sp³-hybridized carbons (Fsp3) is 0.750. The number of carbonyl (C=O) groups is 1. The third kappa shape index (κ3) is 4.17. The standard InChI is InChI=1S/C20H31N3O3/c1-3-6-16-14-21-15(2)22-18(16)23-10-8-20(9-11-23,19(24)25)13-17-7-4-5-12-26-17/h14,17H,3-13H2,1-2H3,(H,24,25). The summed E-state index contributed by atoms with van der Waals surface area (Å²) in [6.45, 7) is 6.29. The Kier molecular flexibility index (Phi) is 6.12. The van der Waals surface area contributed by atoms with Gasteiger partial charge in [-0.15, -0.1) is 0 Å². The first-order chi connectivity index (χ1) is 12.5. The molecule has 0 spiro atoms. The van der Waals surface area contributed by atoms with Crippen molar-refractivity contribution in [2.75, 3.05) is 24.6 Å². The lowest BCUT2D eigenvalue weighted by molar-refractivity contribution is -0.154. The Morgan fingerprint density at radius 3 is 2.77 bits per heavy atom. The number of rotatable bonds is 6. The van der Waals surface area contributed by atoms with E-state index in [2.05, 4.69) is 21.8 Å². The van der Waals surface area contributed by atoms with Crippen LogP contribution in [0.5, 0.6) is 0 Å². The van der Waals surface area contributed by atoms with Crippen molar-refractivity contribution in [3.8, 4) is 0 Å². The number of aliphatic carboxylic acids is 1. The minimum Gasteiger partial charge on any atom is -0.481 e. The first kappa shape index (κ1) is 19.1. The van der Waals surface area contributed by atoms with Crippen molar-refractivity contribution in [2.45, 2.75) is 71.3 Å². The lowest BCUT2D eigenvalue weighted by Crippen LogP contribution is -2.47. The molecular weight excluding hydrogens is 330 g/mol. The minimum atomic E-state index is -0.668. The van der Waals surface area contributed by atoms with Crippen molar-refractivity contribution in [1.29, 1.82) is 0 Å². The van der Waals surface area contributed by atoms with Crippen LogP contribution in [0.25, 0.3) is 0 Å². The molecule has 1 aromatic rings. The molecule has 0 saturated carbocycles. The molecule has 26 heavy (non-hydrogen) atoms. The third-order valence-corrected chi connectivity index (χ3v) is 5.85. The summed E-state index contributed by atoms with van der Waals surface area (Å²) in [5.41, 5.74) is 0.502. The molecule has 0 aliphatic carbocycles. The third-order valence-electron chi connectivity index (χ3n) is 5.85. The Morgan fingerprint density at radius 1 is 1.38 bits per heavy atom. The molecular formula is C20H31N3O3. The summed E-state index contributed by atoms with van der Waals surface area (Å²) in [7, 11) is 0. The van der Waals surface area contributed by atoms with E-state index >= 15 is 0 Å². The summed E-state index contributed by atoms with van der Waals surface area (Å²) in [5, 5.41) is 9.96. The number of ether oxygens (including phenoxy) is 1. The molecule has 1 aromatic heterocycles. The van der Waals surface area contributed by atoms with E-state index in [1.807, 2.05) is 13.1 Å². The van der Waals surface area contributed by atoms with Crippen molar-refractivity contribution in [3.63, 3.8) is 0 Å². The molecule has 0 amide bonds. The van der Waals surface area contributed by atoms with Crippen LogP contribution in [0, 0.1) is 12.3 Å². The van der Waals surface area contributed by atoms with Gasteiger partial charge in [0.1, 0.15) is 11.6 Å². The average Bonchev–Trinajstić information content (AvgIpc) is 2.65. The van der Waals surface area contributed by atoms with Gasteiger partial charge >= 0.3 is 5.97 Å². The van der Waals surface area contributed by atoms with E-state index in [1.165, 1.54) is 0 Å². The number of anilines is 1. The second-order valence-electron chi connectivity index (χ2n) is 7.78. The quantitative estimate of drug-likeness (QED) is 0.837. The van der Waals surface area contributed by atoms with Crippen LogP contribution in [-0.2, 0) is 16.0 Å². The maximum absolute atomic E-state index is 12.1. The Hall–Kier alpha value is -1.69. The molecule has 0 bridgehead atoms. The summed E-state index contributed by atoms with van der Waals surface area (Å²) in [5.74, 6) is 1.09. The SMILES string of the molecule is CCCc1cnc(C)nc1N1CCC(CC2CCCCO2)(C(=O)O)CC1. The molecule has 3 rings (SSSR count). The van der Waals surface area contributed by atoms with Crippen molar-refractivity contribution in [1.82, 2.24) is 9.97 Å². The van der Waals surface area contributed by atoms with E-state index in [0.29, 0.717) is 19.3 Å². The molecule has 0 radical (unpaired) electrons. The number of carboxylic acids is 1.